The van der Waals surface area contributed by atoms with E-state index in [1.807, 2.05) is 31.2 Å². The third-order valence-corrected chi connectivity index (χ3v) is 4.79. The lowest BCUT2D eigenvalue weighted by atomic mass is 10.1. The van der Waals surface area contributed by atoms with Crippen molar-refractivity contribution in [2.75, 3.05) is 13.7 Å². The van der Waals surface area contributed by atoms with Gasteiger partial charge in [-0.15, -0.1) is 0 Å². The summed E-state index contributed by atoms with van der Waals surface area (Å²) in [7, 11) is 1.54. The molecule has 144 valence electrons. The van der Waals surface area contributed by atoms with Gasteiger partial charge in [0.1, 0.15) is 11.8 Å². The molecule has 0 spiro atoms. The molecule has 2 amide bonds. The third-order valence-electron chi connectivity index (χ3n) is 4.26. The smallest absolute Gasteiger partial charge is 0.261 e. The van der Waals surface area contributed by atoms with Gasteiger partial charge in [-0.25, -0.2) is 0 Å². The second kappa shape index (κ2) is 9.62. The van der Waals surface area contributed by atoms with Crippen LogP contribution in [0, 0.1) is 6.92 Å². The molecule has 27 heavy (non-hydrogen) atoms. The second-order valence-corrected chi connectivity index (χ2v) is 6.95. The number of nitrogens with zero attached hydrogens (tertiary/aromatic N) is 1. The predicted octanol–water partition coefficient (Wildman–Crippen LogP) is 3.84. The monoisotopic (exact) mass is 408 g/mol. The van der Waals surface area contributed by atoms with Crippen LogP contribution in [-0.2, 0) is 16.1 Å². The fourth-order valence-electron chi connectivity index (χ4n) is 2.58. The minimum Gasteiger partial charge on any atom is -0.482 e. The number of carbonyl (C=O) groups is 2. The molecular weight excluding hydrogens is 387 g/mol. The van der Waals surface area contributed by atoms with E-state index in [9.17, 15) is 9.59 Å². The van der Waals surface area contributed by atoms with Crippen molar-refractivity contribution in [3.8, 4) is 5.75 Å². The van der Waals surface area contributed by atoms with Crippen LogP contribution in [0.25, 0.3) is 0 Å². The molecule has 0 aliphatic heterocycles. The molecule has 0 aliphatic carbocycles. The lowest BCUT2D eigenvalue weighted by Gasteiger charge is -2.29. The second-order valence-electron chi connectivity index (χ2n) is 6.10. The summed E-state index contributed by atoms with van der Waals surface area (Å²) in [5.74, 6) is -0.209. The number of likely N-dealkylation sites (N-methyl/N-ethyl adjacent to an activating group) is 1. The molecule has 1 atom stereocenters. The van der Waals surface area contributed by atoms with Crippen LogP contribution in [0.1, 0.15) is 18.1 Å². The first-order valence-corrected chi connectivity index (χ1v) is 9.22. The van der Waals surface area contributed by atoms with Crippen molar-refractivity contribution in [2.24, 2.45) is 0 Å². The number of hydrogen-bond donors (Lipinski definition) is 1. The van der Waals surface area contributed by atoms with Gasteiger partial charge in [0.05, 0.1) is 5.02 Å². The first-order chi connectivity index (χ1) is 12.8. The number of carbonyl (C=O) groups excluding carboxylic acids is 2. The van der Waals surface area contributed by atoms with Crippen molar-refractivity contribution in [1.29, 1.82) is 0 Å². The zero-order chi connectivity index (χ0) is 20.0. The Morgan fingerprint density at radius 3 is 2.52 bits per heavy atom. The largest absolute Gasteiger partial charge is 0.482 e. The average molecular weight is 409 g/mol. The van der Waals surface area contributed by atoms with E-state index < -0.39 is 6.04 Å². The predicted molar refractivity (Wildman–Crippen MR) is 107 cm³/mol. The molecule has 0 aliphatic rings. The van der Waals surface area contributed by atoms with Gasteiger partial charge in [0, 0.05) is 18.6 Å². The SMILES string of the molecule is CNC(=O)C(C)N(Cc1ccccc1C)C(=O)COc1ccc(Cl)cc1Cl. The molecule has 0 saturated heterocycles. The van der Waals surface area contributed by atoms with E-state index >= 15 is 0 Å². The highest BCUT2D eigenvalue weighted by Gasteiger charge is 2.26. The molecule has 0 aromatic heterocycles. The van der Waals surface area contributed by atoms with Crippen LogP contribution in [0.2, 0.25) is 10.0 Å². The highest BCUT2D eigenvalue weighted by molar-refractivity contribution is 6.35. The van der Waals surface area contributed by atoms with Crippen molar-refractivity contribution in [3.63, 3.8) is 0 Å². The molecule has 5 nitrogen and oxygen atoms in total. The number of amides is 2. The van der Waals surface area contributed by atoms with Gasteiger partial charge < -0.3 is 15.0 Å². The summed E-state index contributed by atoms with van der Waals surface area (Å²) in [6.45, 7) is 3.71. The summed E-state index contributed by atoms with van der Waals surface area (Å²) < 4.78 is 5.55. The lowest BCUT2D eigenvalue weighted by Crippen LogP contribution is -2.48. The first kappa shape index (κ1) is 21.1. The maximum atomic E-state index is 12.8. The van der Waals surface area contributed by atoms with Crippen molar-refractivity contribution < 1.29 is 14.3 Å². The Morgan fingerprint density at radius 1 is 1.19 bits per heavy atom. The molecule has 7 heteroatoms. The summed E-state index contributed by atoms with van der Waals surface area (Å²) >= 11 is 11.9. The Labute approximate surface area is 169 Å². The number of benzene rings is 2. The normalized spacial score (nSPS) is 11.6. The van der Waals surface area contributed by atoms with E-state index in [4.69, 9.17) is 27.9 Å². The number of rotatable bonds is 7. The van der Waals surface area contributed by atoms with E-state index in [1.54, 1.807) is 32.2 Å². The highest BCUT2D eigenvalue weighted by atomic mass is 35.5. The maximum absolute atomic E-state index is 12.8. The van der Waals surface area contributed by atoms with Crippen LogP contribution in [0.15, 0.2) is 42.5 Å². The van der Waals surface area contributed by atoms with Crippen LogP contribution >= 0.6 is 23.2 Å². The summed E-state index contributed by atoms with van der Waals surface area (Å²) in [5, 5.41) is 3.38. The number of halogens is 2. The van der Waals surface area contributed by atoms with Crippen molar-refractivity contribution in [1.82, 2.24) is 10.2 Å². The summed E-state index contributed by atoms with van der Waals surface area (Å²) in [4.78, 5) is 26.4. The lowest BCUT2D eigenvalue weighted by molar-refractivity contribution is -0.142. The van der Waals surface area contributed by atoms with Crippen LogP contribution in [-0.4, -0.2) is 36.4 Å². The maximum Gasteiger partial charge on any atom is 0.261 e. The van der Waals surface area contributed by atoms with E-state index in [-0.39, 0.29) is 18.4 Å². The molecule has 2 rings (SSSR count). The molecule has 0 fully saturated rings. The molecule has 2 aromatic rings. The molecule has 0 radical (unpaired) electrons. The Kier molecular flexibility index (Phi) is 7.51. The van der Waals surface area contributed by atoms with E-state index in [2.05, 4.69) is 5.32 Å². The zero-order valence-corrected chi connectivity index (χ0v) is 17.0. The van der Waals surface area contributed by atoms with Gasteiger partial charge in [-0.2, -0.15) is 0 Å². The molecule has 1 unspecified atom stereocenters. The third kappa shape index (κ3) is 5.62. The van der Waals surface area contributed by atoms with E-state index in [0.717, 1.165) is 11.1 Å². The van der Waals surface area contributed by atoms with Gasteiger partial charge in [-0.3, -0.25) is 9.59 Å². The van der Waals surface area contributed by atoms with Crippen LogP contribution < -0.4 is 10.1 Å². The van der Waals surface area contributed by atoms with Crippen molar-refractivity contribution in [3.05, 3.63) is 63.6 Å². The average Bonchev–Trinajstić information content (AvgIpc) is 2.65. The number of hydrogen-bond acceptors (Lipinski definition) is 3. The minimum atomic E-state index is -0.647. The number of ether oxygens (including phenoxy) is 1. The van der Waals surface area contributed by atoms with Crippen LogP contribution in [0.5, 0.6) is 5.75 Å². The molecule has 2 aromatic carbocycles. The Bertz CT molecular complexity index is 827. The van der Waals surface area contributed by atoms with Crippen molar-refractivity contribution in [2.45, 2.75) is 26.4 Å². The van der Waals surface area contributed by atoms with Gasteiger partial charge in [0.2, 0.25) is 5.91 Å². The first-order valence-electron chi connectivity index (χ1n) is 8.47. The molecule has 1 N–H and O–H groups in total. The number of nitrogens with one attached hydrogen (secondary N) is 1. The molecule has 0 bridgehead atoms. The van der Waals surface area contributed by atoms with E-state index in [0.29, 0.717) is 22.3 Å². The van der Waals surface area contributed by atoms with Gasteiger partial charge in [0.25, 0.3) is 5.91 Å². The summed E-state index contributed by atoms with van der Waals surface area (Å²) in [6.07, 6.45) is 0. The zero-order valence-electron chi connectivity index (χ0n) is 15.5. The Hall–Kier alpha value is -2.24. The van der Waals surface area contributed by atoms with Gasteiger partial charge >= 0.3 is 0 Å². The van der Waals surface area contributed by atoms with Crippen LogP contribution in [0.3, 0.4) is 0 Å². The minimum absolute atomic E-state index is 0.242. The molecule has 0 heterocycles. The number of aryl methyl sites for hydroxylation is 1. The highest BCUT2D eigenvalue weighted by Crippen LogP contribution is 2.27. The van der Waals surface area contributed by atoms with Gasteiger partial charge in [0.15, 0.2) is 6.61 Å². The molecular formula is C20H22Cl2N2O3. The summed E-state index contributed by atoms with van der Waals surface area (Å²) in [5.41, 5.74) is 2.01. The Balaban J connectivity index is 2.17. The van der Waals surface area contributed by atoms with Crippen LogP contribution in [0.4, 0.5) is 0 Å². The van der Waals surface area contributed by atoms with Crippen molar-refractivity contribution >= 4 is 35.0 Å². The standard InChI is InChI=1S/C20H22Cl2N2O3/c1-13-6-4-5-7-15(13)11-24(14(2)20(26)23-3)19(25)12-27-18-9-8-16(21)10-17(18)22/h4-10,14H,11-12H2,1-3H3,(H,23,26). The fourth-order valence-corrected chi connectivity index (χ4v) is 3.04. The fraction of sp³-hybridized carbons (Fsp3) is 0.300. The Morgan fingerprint density at radius 2 is 1.89 bits per heavy atom. The summed E-state index contributed by atoms with van der Waals surface area (Å²) in [6, 6.07) is 11.9. The quantitative estimate of drug-likeness (QED) is 0.756. The van der Waals surface area contributed by atoms with E-state index in [1.165, 1.54) is 4.90 Å². The topological polar surface area (TPSA) is 58.6 Å². The van der Waals surface area contributed by atoms with Gasteiger partial charge in [-0.1, -0.05) is 47.5 Å². The molecule has 0 saturated carbocycles. The van der Waals surface area contributed by atoms with Gasteiger partial charge in [-0.05, 0) is 43.2 Å².